The van der Waals surface area contributed by atoms with Crippen molar-refractivity contribution in [3.8, 4) is 0 Å². The monoisotopic (exact) mass is 451 g/mol. The molecule has 3 N–H and O–H groups in total. The van der Waals surface area contributed by atoms with Crippen LogP contribution in [0.5, 0.6) is 0 Å². The van der Waals surface area contributed by atoms with Gasteiger partial charge >= 0.3 is 0 Å². The number of rotatable bonds is 4. The molecule has 1 amide bonds. The zero-order chi connectivity index (χ0) is 21.8. The van der Waals surface area contributed by atoms with Crippen molar-refractivity contribution in [2.45, 2.75) is 23.5 Å². The van der Waals surface area contributed by atoms with Gasteiger partial charge in [0.15, 0.2) is 0 Å². The topological polar surface area (TPSA) is 104 Å². The van der Waals surface area contributed by atoms with Crippen molar-refractivity contribution in [2.24, 2.45) is 0 Å². The fourth-order valence-electron chi connectivity index (χ4n) is 4.49. The van der Waals surface area contributed by atoms with E-state index in [1.54, 1.807) is 12.1 Å². The molecular weight excluding hydrogens is 436 g/mol. The third kappa shape index (κ3) is 2.83. The number of amides is 1. The third-order valence-corrected chi connectivity index (χ3v) is 6.28. The average molecular weight is 452 g/mol. The summed E-state index contributed by atoms with van der Waals surface area (Å²) in [5, 5.41) is 27.6. The molecule has 0 aromatic heterocycles. The van der Waals surface area contributed by atoms with Crippen LogP contribution in [0.15, 0.2) is 48.6 Å². The number of anilines is 1. The number of aliphatic hydroxyl groups is 1. The quantitative estimate of drug-likeness (QED) is 0.376. The van der Waals surface area contributed by atoms with E-state index in [0.717, 1.165) is 0 Å². The van der Waals surface area contributed by atoms with Gasteiger partial charge in [-0.3, -0.25) is 20.2 Å². The standard InChI is InChI=1S/C20H16Cl2FN3O4/c1-9(8-27)17-18(26(29)30)15(11-3-2-4-13(22)16(11)23)20(25-17)12-6-5-10(21)7-14(12)24-19(20)28/h2-7,15,17-18,25,27H,1,8H2,(H,24,28)/t15-,17-,18-,20+/m0/s1. The van der Waals surface area contributed by atoms with E-state index in [9.17, 15) is 20.0 Å². The summed E-state index contributed by atoms with van der Waals surface area (Å²) >= 11 is 12.0. The highest BCUT2D eigenvalue weighted by Crippen LogP contribution is 2.54. The molecule has 4 atom stereocenters. The Hall–Kier alpha value is -2.52. The zero-order valence-electron chi connectivity index (χ0n) is 15.4. The van der Waals surface area contributed by atoms with Gasteiger partial charge in [-0.1, -0.05) is 48.0 Å². The van der Waals surface area contributed by atoms with Crippen LogP contribution < -0.4 is 10.6 Å². The van der Waals surface area contributed by atoms with Crippen molar-refractivity contribution in [3.05, 3.63) is 85.7 Å². The fraction of sp³-hybridized carbons (Fsp3) is 0.250. The molecule has 1 spiro atoms. The van der Waals surface area contributed by atoms with Crippen molar-refractivity contribution in [3.63, 3.8) is 0 Å². The lowest BCUT2D eigenvalue weighted by molar-refractivity contribution is -0.525. The summed E-state index contributed by atoms with van der Waals surface area (Å²) in [6.45, 7) is 3.17. The van der Waals surface area contributed by atoms with Gasteiger partial charge in [0.1, 0.15) is 17.4 Å². The van der Waals surface area contributed by atoms with Crippen LogP contribution in [0.3, 0.4) is 0 Å². The number of nitrogens with zero attached hydrogens (tertiary/aromatic N) is 1. The van der Waals surface area contributed by atoms with Crippen LogP contribution in [0, 0.1) is 15.9 Å². The summed E-state index contributed by atoms with van der Waals surface area (Å²) in [4.78, 5) is 24.9. The van der Waals surface area contributed by atoms with E-state index in [4.69, 9.17) is 23.2 Å². The summed E-state index contributed by atoms with van der Waals surface area (Å²) in [7, 11) is 0. The molecule has 156 valence electrons. The van der Waals surface area contributed by atoms with Gasteiger partial charge in [0.05, 0.1) is 17.5 Å². The Bertz CT molecular complexity index is 1100. The largest absolute Gasteiger partial charge is 0.392 e. The van der Waals surface area contributed by atoms with Crippen molar-refractivity contribution in [1.29, 1.82) is 0 Å². The van der Waals surface area contributed by atoms with Crippen LogP contribution >= 0.6 is 23.2 Å². The van der Waals surface area contributed by atoms with Crippen LogP contribution in [0.1, 0.15) is 17.0 Å². The van der Waals surface area contributed by atoms with Crippen LogP contribution in [-0.2, 0) is 10.3 Å². The number of halogens is 3. The molecule has 0 unspecified atom stereocenters. The third-order valence-electron chi connectivity index (χ3n) is 5.75. The van der Waals surface area contributed by atoms with Crippen LogP contribution in [-0.4, -0.2) is 34.6 Å². The first-order valence-corrected chi connectivity index (χ1v) is 9.73. The smallest absolute Gasteiger partial charge is 0.250 e. The first-order valence-electron chi connectivity index (χ1n) is 8.97. The molecular formula is C20H16Cl2FN3O4. The molecule has 2 aromatic carbocycles. The number of hydrogen-bond acceptors (Lipinski definition) is 5. The molecule has 0 bridgehead atoms. The Morgan fingerprint density at radius 1 is 1.33 bits per heavy atom. The van der Waals surface area contributed by atoms with E-state index in [-0.39, 0.29) is 16.2 Å². The van der Waals surface area contributed by atoms with Crippen molar-refractivity contribution in [2.75, 3.05) is 11.9 Å². The number of nitrogens with one attached hydrogen (secondary N) is 2. The predicted molar refractivity (Wildman–Crippen MR) is 110 cm³/mol. The van der Waals surface area contributed by atoms with Crippen LogP contribution in [0.25, 0.3) is 0 Å². The van der Waals surface area contributed by atoms with Gasteiger partial charge in [-0.05, 0) is 23.8 Å². The van der Waals surface area contributed by atoms with Crippen molar-refractivity contribution >= 4 is 34.8 Å². The van der Waals surface area contributed by atoms with Gasteiger partial charge in [0.25, 0.3) is 0 Å². The fourth-order valence-corrected chi connectivity index (χ4v) is 4.85. The molecule has 2 aliphatic heterocycles. The molecule has 4 rings (SSSR count). The maximum atomic E-state index is 15.1. The lowest BCUT2D eigenvalue weighted by Crippen LogP contribution is -2.49. The van der Waals surface area contributed by atoms with Crippen LogP contribution in [0.4, 0.5) is 10.1 Å². The second kappa shape index (κ2) is 7.31. The number of fused-ring (bicyclic) bond motifs is 2. The van der Waals surface area contributed by atoms with E-state index in [1.165, 1.54) is 24.3 Å². The highest BCUT2D eigenvalue weighted by atomic mass is 35.5. The minimum Gasteiger partial charge on any atom is -0.392 e. The Labute approximate surface area is 180 Å². The first kappa shape index (κ1) is 20.7. The predicted octanol–water partition coefficient (Wildman–Crippen LogP) is 3.23. The summed E-state index contributed by atoms with van der Waals surface area (Å²) in [6.07, 6.45) is 0. The molecule has 0 aliphatic carbocycles. The molecule has 10 heteroatoms. The Balaban J connectivity index is 2.04. The highest BCUT2D eigenvalue weighted by Gasteiger charge is 2.67. The summed E-state index contributed by atoms with van der Waals surface area (Å²) in [5.41, 5.74) is -0.906. The van der Waals surface area contributed by atoms with Gasteiger partial charge < -0.3 is 10.4 Å². The van der Waals surface area contributed by atoms with Gasteiger partial charge in [0.2, 0.25) is 11.9 Å². The minimum atomic E-state index is -1.69. The lowest BCUT2D eigenvalue weighted by Gasteiger charge is -2.30. The molecule has 0 saturated carbocycles. The SMILES string of the molecule is C=C(CO)[C@@H]1N[C@@]2(C(=O)Nc3cc(Cl)ccc32)[C@@H](c2cccc(Cl)c2F)[C@@H]1[N+](=O)[O-]. The van der Waals surface area contributed by atoms with Crippen molar-refractivity contribution in [1.82, 2.24) is 5.32 Å². The molecule has 2 heterocycles. The van der Waals surface area contributed by atoms with E-state index >= 15 is 4.39 Å². The molecule has 1 fully saturated rings. The number of carbonyl (C=O) groups is 1. The van der Waals surface area contributed by atoms with Gasteiger partial charge in [-0.25, -0.2) is 4.39 Å². The molecule has 2 aliphatic rings. The van der Waals surface area contributed by atoms with Gasteiger partial charge in [-0.15, -0.1) is 0 Å². The average Bonchev–Trinajstić information content (AvgIpc) is 3.19. The van der Waals surface area contributed by atoms with Crippen molar-refractivity contribution < 1.29 is 19.2 Å². The lowest BCUT2D eigenvalue weighted by atomic mass is 9.74. The van der Waals surface area contributed by atoms with Gasteiger partial charge in [0, 0.05) is 26.8 Å². The zero-order valence-corrected chi connectivity index (χ0v) is 16.9. The second-order valence-corrected chi connectivity index (χ2v) is 8.13. The molecule has 2 aromatic rings. The molecule has 1 saturated heterocycles. The molecule has 30 heavy (non-hydrogen) atoms. The number of nitro groups is 1. The second-order valence-electron chi connectivity index (χ2n) is 7.29. The number of hydrogen-bond donors (Lipinski definition) is 3. The maximum Gasteiger partial charge on any atom is 0.250 e. The molecule has 0 radical (unpaired) electrons. The number of aliphatic hydroxyl groups excluding tert-OH is 1. The normalized spacial score (nSPS) is 27.2. The summed E-state index contributed by atoms with van der Waals surface area (Å²) in [6, 6.07) is 6.21. The van der Waals surface area contributed by atoms with Crippen LogP contribution in [0.2, 0.25) is 10.0 Å². The molecule has 7 nitrogen and oxygen atoms in total. The van der Waals surface area contributed by atoms with E-state index in [2.05, 4.69) is 17.2 Å². The first-order chi connectivity index (χ1) is 14.2. The Morgan fingerprint density at radius 3 is 2.73 bits per heavy atom. The van der Waals surface area contributed by atoms with E-state index in [1.807, 2.05) is 0 Å². The number of benzene rings is 2. The van der Waals surface area contributed by atoms with E-state index in [0.29, 0.717) is 16.3 Å². The number of carbonyl (C=O) groups excluding carboxylic acids is 1. The van der Waals surface area contributed by atoms with Gasteiger partial charge in [-0.2, -0.15) is 0 Å². The Morgan fingerprint density at radius 2 is 2.07 bits per heavy atom. The van der Waals surface area contributed by atoms with E-state index < -0.39 is 46.8 Å². The highest BCUT2D eigenvalue weighted by molar-refractivity contribution is 6.31. The summed E-state index contributed by atoms with van der Waals surface area (Å²) in [5.74, 6) is -2.71. The Kier molecular flexibility index (Phi) is 5.06. The summed E-state index contributed by atoms with van der Waals surface area (Å²) < 4.78 is 15.1. The minimum absolute atomic E-state index is 0.0807. The maximum absolute atomic E-state index is 15.1.